The third-order valence-corrected chi connectivity index (χ3v) is 2.64. The zero-order chi connectivity index (χ0) is 18.3. The Balaban J connectivity index is 2.87. The van der Waals surface area contributed by atoms with Crippen molar-refractivity contribution in [1.82, 2.24) is 0 Å². The predicted octanol–water partition coefficient (Wildman–Crippen LogP) is 2.85. The second kappa shape index (κ2) is 9.01. The number of benzene rings is 1. The van der Waals surface area contributed by atoms with Crippen LogP contribution in [0.5, 0.6) is 0 Å². The minimum absolute atomic E-state index is 0.0174. The fourth-order valence-corrected chi connectivity index (χ4v) is 1.61. The third kappa shape index (κ3) is 4.54. The molecule has 1 atom stereocenters. The number of nitrogens with zero attached hydrogens (tertiary/aromatic N) is 3. The SMILES string of the molecule is [N-]=[N+]=NCCOCCOC(C(=O)O)c1c(F)c(F)c(F)c(F)c1F. The minimum Gasteiger partial charge on any atom is -0.479 e. The van der Waals surface area contributed by atoms with Crippen molar-refractivity contribution in [2.45, 2.75) is 6.10 Å². The third-order valence-electron chi connectivity index (χ3n) is 2.64. The van der Waals surface area contributed by atoms with Crippen molar-refractivity contribution < 1.29 is 41.3 Å². The van der Waals surface area contributed by atoms with Crippen LogP contribution < -0.4 is 0 Å². The highest BCUT2D eigenvalue weighted by Crippen LogP contribution is 2.29. The van der Waals surface area contributed by atoms with Crippen LogP contribution >= 0.6 is 0 Å². The molecule has 0 bridgehead atoms. The Labute approximate surface area is 131 Å². The number of aliphatic carboxylic acids is 1. The quantitative estimate of drug-likeness (QED) is 0.140. The average Bonchev–Trinajstić information content (AvgIpc) is 2.55. The van der Waals surface area contributed by atoms with E-state index in [1.54, 1.807) is 0 Å². The Kier molecular flexibility index (Phi) is 7.36. The normalized spacial score (nSPS) is 11.9. The molecule has 12 heteroatoms. The van der Waals surface area contributed by atoms with Crippen LogP contribution in [0.25, 0.3) is 10.4 Å². The van der Waals surface area contributed by atoms with Gasteiger partial charge in [0.05, 0.1) is 25.4 Å². The maximum atomic E-state index is 13.6. The second-order valence-electron chi connectivity index (χ2n) is 4.14. The lowest BCUT2D eigenvalue weighted by Gasteiger charge is -2.16. The molecule has 0 aliphatic carbocycles. The summed E-state index contributed by atoms with van der Waals surface area (Å²) in [5.74, 6) is -13.5. The van der Waals surface area contributed by atoms with Crippen LogP contribution in [-0.4, -0.2) is 37.4 Å². The highest BCUT2D eigenvalue weighted by atomic mass is 19.2. The second-order valence-corrected chi connectivity index (χ2v) is 4.14. The molecular formula is C12H10F5N3O4. The van der Waals surface area contributed by atoms with E-state index < -0.39 is 53.3 Å². The Hall–Kier alpha value is -2.43. The monoisotopic (exact) mass is 355 g/mol. The van der Waals surface area contributed by atoms with Crippen molar-refractivity contribution in [3.63, 3.8) is 0 Å². The van der Waals surface area contributed by atoms with Crippen LogP contribution in [-0.2, 0) is 14.3 Å². The number of rotatable bonds is 9. The van der Waals surface area contributed by atoms with E-state index in [0.29, 0.717) is 0 Å². The number of ether oxygens (including phenoxy) is 2. The molecule has 0 aliphatic heterocycles. The van der Waals surface area contributed by atoms with Gasteiger partial charge >= 0.3 is 5.97 Å². The molecule has 1 rings (SSSR count). The molecule has 7 nitrogen and oxygen atoms in total. The van der Waals surface area contributed by atoms with E-state index in [2.05, 4.69) is 14.8 Å². The van der Waals surface area contributed by atoms with Crippen molar-refractivity contribution >= 4 is 5.97 Å². The van der Waals surface area contributed by atoms with Crippen LogP contribution in [0.3, 0.4) is 0 Å². The molecule has 24 heavy (non-hydrogen) atoms. The van der Waals surface area contributed by atoms with E-state index in [1.165, 1.54) is 0 Å². The highest BCUT2D eigenvalue weighted by Gasteiger charge is 2.34. The molecule has 1 N–H and O–H groups in total. The Morgan fingerprint density at radius 3 is 2.08 bits per heavy atom. The van der Waals surface area contributed by atoms with Gasteiger partial charge in [-0.15, -0.1) is 0 Å². The van der Waals surface area contributed by atoms with Crippen molar-refractivity contribution in [1.29, 1.82) is 0 Å². The van der Waals surface area contributed by atoms with E-state index in [4.69, 9.17) is 15.4 Å². The van der Waals surface area contributed by atoms with E-state index in [9.17, 15) is 26.7 Å². The average molecular weight is 355 g/mol. The zero-order valence-electron chi connectivity index (χ0n) is 11.8. The highest BCUT2D eigenvalue weighted by molar-refractivity contribution is 5.74. The number of azide groups is 1. The summed E-state index contributed by atoms with van der Waals surface area (Å²) in [6.07, 6.45) is -2.42. The summed E-state index contributed by atoms with van der Waals surface area (Å²) in [6, 6.07) is 0. The van der Waals surface area contributed by atoms with Gasteiger partial charge in [-0.25, -0.2) is 26.7 Å². The minimum atomic E-state index is -2.42. The molecule has 132 valence electrons. The summed E-state index contributed by atoms with van der Waals surface area (Å²) in [5.41, 5.74) is 6.40. The standard InChI is InChI=1S/C12H10F5N3O4/c13-6-5(7(14)9(16)10(17)8(6)15)11(12(21)22)24-4-3-23-2-1-19-20-18/h11H,1-4H2,(H,21,22). The molecule has 0 saturated carbocycles. The zero-order valence-corrected chi connectivity index (χ0v) is 11.8. The van der Waals surface area contributed by atoms with Crippen LogP contribution in [0.2, 0.25) is 0 Å². The lowest BCUT2D eigenvalue weighted by molar-refractivity contribution is -0.152. The molecule has 0 fully saturated rings. The lowest BCUT2D eigenvalue weighted by Crippen LogP contribution is -2.22. The maximum absolute atomic E-state index is 13.6. The first-order chi connectivity index (χ1) is 11.3. The predicted molar refractivity (Wildman–Crippen MR) is 67.4 cm³/mol. The van der Waals surface area contributed by atoms with Gasteiger partial charge in [-0.3, -0.25) is 0 Å². The Morgan fingerprint density at radius 1 is 1.04 bits per heavy atom. The van der Waals surface area contributed by atoms with Crippen LogP contribution in [0.4, 0.5) is 22.0 Å². The van der Waals surface area contributed by atoms with Gasteiger partial charge < -0.3 is 14.6 Å². The number of carboxylic acid groups (broad SMARTS) is 1. The summed E-state index contributed by atoms with van der Waals surface area (Å²) >= 11 is 0. The van der Waals surface area contributed by atoms with Gasteiger partial charge in [0.2, 0.25) is 5.82 Å². The molecule has 0 aromatic heterocycles. The summed E-state index contributed by atoms with van der Waals surface area (Å²) in [6.45, 7) is -0.836. The van der Waals surface area contributed by atoms with E-state index in [1.807, 2.05) is 0 Å². The maximum Gasteiger partial charge on any atom is 0.337 e. The van der Waals surface area contributed by atoms with E-state index in [-0.39, 0.29) is 19.8 Å². The number of carboxylic acids is 1. The summed E-state index contributed by atoms with van der Waals surface area (Å²) < 4.78 is 75.8. The molecule has 0 spiro atoms. The number of carbonyl (C=O) groups is 1. The van der Waals surface area contributed by atoms with Crippen LogP contribution in [0, 0.1) is 29.1 Å². The molecule has 1 unspecified atom stereocenters. The molecule has 1 aromatic rings. The van der Waals surface area contributed by atoms with Gasteiger partial charge in [-0.05, 0) is 5.53 Å². The van der Waals surface area contributed by atoms with Crippen LogP contribution in [0.1, 0.15) is 11.7 Å². The fraction of sp³-hybridized carbons (Fsp3) is 0.417. The molecular weight excluding hydrogens is 345 g/mol. The molecule has 0 radical (unpaired) electrons. The molecule has 0 amide bonds. The van der Waals surface area contributed by atoms with Gasteiger partial charge in [0.15, 0.2) is 29.4 Å². The van der Waals surface area contributed by atoms with Crippen molar-refractivity contribution in [2.75, 3.05) is 26.4 Å². The molecule has 0 aliphatic rings. The topological polar surface area (TPSA) is 105 Å². The number of hydrogen-bond donors (Lipinski definition) is 1. The van der Waals surface area contributed by atoms with Gasteiger partial charge in [-0.2, -0.15) is 0 Å². The van der Waals surface area contributed by atoms with Crippen LogP contribution in [0.15, 0.2) is 5.11 Å². The first-order valence-electron chi connectivity index (χ1n) is 6.27. The number of hydrogen-bond acceptors (Lipinski definition) is 4. The Morgan fingerprint density at radius 2 is 1.58 bits per heavy atom. The van der Waals surface area contributed by atoms with E-state index >= 15 is 0 Å². The fourth-order valence-electron chi connectivity index (χ4n) is 1.61. The molecule has 0 heterocycles. The van der Waals surface area contributed by atoms with Gasteiger partial charge in [-0.1, -0.05) is 5.11 Å². The molecule has 1 aromatic carbocycles. The number of halogens is 5. The van der Waals surface area contributed by atoms with Gasteiger partial charge in [0.25, 0.3) is 0 Å². The van der Waals surface area contributed by atoms with Crippen molar-refractivity contribution in [2.24, 2.45) is 5.11 Å². The summed E-state index contributed by atoms with van der Waals surface area (Å²) in [7, 11) is 0. The smallest absolute Gasteiger partial charge is 0.337 e. The van der Waals surface area contributed by atoms with Crippen molar-refractivity contribution in [3.8, 4) is 0 Å². The van der Waals surface area contributed by atoms with Gasteiger partial charge in [0.1, 0.15) is 0 Å². The van der Waals surface area contributed by atoms with Gasteiger partial charge in [0, 0.05) is 11.5 Å². The first kappa shape index (κ1) is 19.6. The largest absolute Gasteiger partial charge is 0.479 e. The Bertz CT molecular complexity index is 638. The molecule has 0 saturated heterocycles. The summed E-state index contributed by atoms with van der Waals surface area (Å²) in [5, 5.41) is 12.0. The van der Waals surface area contributed by atoms with E-state index in [0.717, 1.165) is 0 Å². The first-order valence-corrected chi connectivity index (χ1v) is 6.27. The summed E-state index contributed by atoms with van der Waals surface area (Å²) in [4.78, 5) is 13.5. The van der Waals surface area contributed by atoms with Crippen molar-refractivity contribution in [3.05, 3.63) is 45.1 Å². The lowest BCUT2D eigenvalue weighted by atomic mass is 10.1.